The fourth-order valence-electron chi connectivity index (χ4n) is 5.15. The number of hydrogen-bond donors (Lipinski definition) is 1. The van der Waals surface area contributed by atoms with Crippen molar-refractivity contribution in [2.24, 2.45) is 0 Å². The van der Waals surface area contributed by atoms with Crippen molar-refractivity contribution in [1.82, 2.24) is 9.88 Å². The van der Waals surface area contributed by atoms with Gasteiger partial charge in [0.25, 0.3) is 0 Å². The van der Waals surface area contributed by atoms with Gasteiger partial charge in [-0.2, -0.15) is 13.2 Å². The fourth-order valence-corrected chi connectivity index (χ4v) is 5.15. The minimum absolute atomic E-state index is 0.225. The van der Waals surface area contributed by atoms with Crippen LogP contribution in [-0.4, -0.2) is 29.8 Å². The number of aromatic nitrogens is 1. The van der Waals surface area contributed by atoms with Crippen molar-refractivity contribution in [1.29, 1.82) is 0 Å². The van der Waals surface area contributed by atoms with E-state index in [1.54, 1.807) is 0 Å². The Balaban J connectivity index is 1.34. The summed E-state index contributed by atoms with van der Waals surface area (Å²) in [5.74, 6) is 2.11. The zero-order valence-corrected chi connectivity index (χ0v) is 21.4. The molecule has 6 rings (SSSR count). The predicted molar refractivity (Wildman–Crippen MR) is 147 cm³/mol. The van der Waals surface area contributed by atoms with Crippen molar-refractivity contribution in [3.63, 3.8) is 0 Å². The topological polar surface area (TPSA) is 46.6 Å². The highest BCUT2D eigenvalue weighted by Gasteiger charge is 2.30. The largest absolute Gasteiger partial charge is 0.454 e. The number of pyridine rings is 1. The standard InChI is InChI=1S/C31H28F3N3O2/c1-20(37-13-3-2-4-14-37)25-17-30(35-18-21-5-9-24(10-6-21)31(32,33)34)36-27-11-7-22(15-26(25)27)23-8-12-28-29(16-23)39-19-38-28/h5-12,15-17H,1-4,13-14,18-19H2,(H,35,36). The van der Waals surface area contributed by atoms with Gasteiger partial charge in [-0.3, -0.25) is 0 Å². The molecule has 2 aliphatic heterocycles. The average molecular weight is 532 g/mol. The SMILES string of the molecule is C=C(c1cc(NCc2ccc(C(F)(F)F)cc2)nc2ccc(-c3ccc4c(c3)OCO4)cc12)N1CCCCC1. The maximum atomic E-state index is 12.9. The van der Waals surface area contributed by atoms with E-state index < -0.39 is 11.7 Å². The molecule has 0 atom stereocenters. The number of likely N-dealkylation sites (tertiary alicyclic amines) is 1. The van der Waals surface area contributed by atoms with Gasteiger partial charge >= 0.3 is 6.18 Å². The molecule has 3 heterocycles. The Bertz CT molecular complexity index is 1530. The molecule has 2 aliphatic rings. The van der Waals surface area contributed by atoms with Gasteiger partial charge in [-0.05, 0) is 78.4 Å². The van der Waals surface area contributed by atoms with Crippen LogP contribution in [0.2, 0.25) is 0 Å². The number of ether oxygens (including phenoxy) is 2. The van der Waals surface area contributed by atoms with Crippen LogP contribution < -0.4 is 14.8 Å². The second kappa shape index (κ2) is 10.2. The zero-order valence-electron chi connectivity index (χ0n) is 21.4. The van der Waals surface area contributed by atoms with Crippen molar-refractivity contribution in [3.8, 4) is 22.6 Å². The number of benzene rings is 3. The lowest BCUT2D eigenvalue weighted by molar-refractivity contribution is -0.137. The Morgan fingerprint density at radius 2 is 1.59 bits per heavy atom. The highest BCUT2D eigenvalue weighted by atomic mass is 19.4. The van der Waals surface area contributed by atoms with Gasteiger partial charge in [0.05, 0.1) is 11.1 Å². The molecule has 8 heteroatoms. The van der Waals surface area contributed by atoms with E-state index in [1.807, 2.05) is 36.4 Å². The molecule has 1 N–H and O–H groups in total. The Hall–Kier alpha value is -4.20. The number of nitrogens with zero attached hydrogens (tertiary/aromatic N) is 2. The number of rotatable bonds is 6. The third kappa shape index (κ3) is 5.24. The number of alkyl halides is 3. The van der Waals surface area contributed by atoms with Crippen LogP contribution in [-0.2, 0) is 12.7 Å². The first-order valence-corrected chi connectivity index (χ1v) is 13.0. The summed E-state index contributed by atoms with van der Waals surface area (Å²) >= 11 is 0. The van der Waals surface area contributed by atoms with Crippen LogP contribution in [0.5, 0.6) is 11.5 Å². The third-order valence-electron chi connectivity index (χ3n) is 7.32. The Morgan fingerprint density at radius 3 is 2.36 bits per heavy atom. The summed E-state index contributed by atoms with van der Waals surface area (Å²) in [5, 5.41) is 4.29. The molecule has 0 radical (unpaired) electrons. The van der Waals surface area contributed by atoms with Crippen LogP contribution in [0.1, 0.15) is 36.0 Å². The molecule has 39 heavy (non-hydrogen) atoms. The molecule has 5 nitrogen and oxygen atoms in total. The average Bonchev–Trinajstić information content (AvgIpc) is 3.43. The molecule has 4 aromatic rings. The van der Waals surface area contributed by atoms with Gasteiger partial charge in [-0.15, -0.1) is 0 Å². The lowest BCUT2D eigenvalue weighted by atomic mass is 9.98. The van der Waals surface area contributed by atoms with E-state index in [0.717, 1.165) is 88.4 Å². The molecule has 1 saturated heterocycles. The minimum Gasteiger partial charge on any atom is -0.454 e. The third-order valence-corrected chi connectivity index (χ3v) is 7.32. The van der Waals surface area contributed by atoms with Gasteiger partial charge < -0.3 is 19.7 Å². The van der Waals surface area contributed by atoms with Crippen molar-refractivity contribution in [3.05, 3.63) is 90.0 Å². The quantitative estimate of drug-likeness (QED) is 0.276. The molecule has 0 unspecified atom stereocenters. The van der Waals surface area contributed by atoms with Gasteiger partial charge in [-0.1, -0.05) is 30.8 Å². The summed E-state index contributed by atoms with van der Waals surface area (Å²) in [5.41, 5.74) is 4.86. The van der Waals surface area contributed by atoms with E-state index in [9.17, 15) is 13.2 Å². The van der Waals surface area contributed by atoms with Crippen LogP contribution in [0, 0.1) is 0 Å². The number of hydrogen-bond acceptors (Lipinski definition) is 5. The van der Waals surface area contributed by atoms with Crippen LogP contribution in [0.25, 0.3) is 27.7 Å². The fraction of sp³-hybridized carbons (Fsp3) is 0.258. The Labute approximate surface area is 224 Å². The van der Waals surface area contributed by atoms with Crippen molar-refractivity contribution >= 4 is 22.4 Å². The van der Waals surface area contributed by atoms with E-state index >= 15 is 0 Å². The second-order valence-electron chi connectivity index (χ2n) is 9.90. The van der Waals surface area contributed by atoms with Gasteiger partial charge in [0.2, 0.25) is 6.79 Å². The maximum absolute atomic E-state index is 12.9. The van der Waals surface area contributed by atoms with Crippen molar-refractivity contribution in [2.45, 2.75) is 32.0 Å². The maximum Gasteiger partial charge on any atom is 0.416 e. The van der Waals surface area contributed by atoms with Gasteiger partial charge in [0.15, 0.2) is 11.5 Å². The van der Waals surface area contributed by atoms with Gasteiger partial charge in [0, 0.05) is 36.3 Å². The van der Waals surface area contributed by atoms with E-state index in [0.29, 0.717) is 12.4 Å². The molecule has 3 aromatic carbocycles. The normalized spacial score (nSPS) is 15.0. The summed E-state index contributed by atoms with van der Waals surface area (Å²) in [4.78, 5) is 7.16. The zero-order chi connectivity index (χ0) is 27.0. The second-order valence-corrected chi connectivity index (χ2v) is 9.90. The number of halogens is 3. The van der Waals surface area contributed by atoms with Crippen molar-refractivity contribution < 1.29 is 22.6 Å². The first-order valence-electron chi connectivity index (χ1n) is 13.0. The summed E-state index contributed by atoms with van der Waals surface area (Å²) in [7, 11) is 0. The minimum atomic E-state index is -4.35. The molecule has 1 aromatic heterocycles. The number of nitrogens with one attached hydrogen (secondary N) is 1. The summed E-state index contributed by atoms with van der Waals surface area (Å²) in [6, 6.07) is 19.2. The van der Waals surface area contributed by atoms with Crippen LogP contribution in [0.4, 0.5) is 19.0 Å². The summed E-state index contributed by atoms with van der Waals surface area (Å²) in [6.07, 6.45) is -0.878. The summed E-state index contributed by atoms with van der Waals surface area (Å²) in [6.45, 7) is 6.96. The predicted octanol–water partition coefficient (Wildman–Crippen LogP) is 7.72. The smallest absolute Gasteiger partial charge is 0.416 e. The highest BCUT2D eigenvalue weighted by Crippen LogP contribution is 2.38. The first-order chi connectivity index (χ1) is 18.8. The van der Waals surface area contributed by atoms with Crippen LogP contribution >= 0.6 is 0 Å². The van der Waals surface area contributed by atoms with E-state index in [-0.39, 0.29) is 6.79 Å². The van der Waals surface area contributed by atoms with E-state index in [1.165, 1.54) is 18.6 Å². The lowest BCUT2D eigenvalue weighted by Gasteiger charge is -2.31. The Morgan fingerprint density at radius 1 is 0.872 bits per heavy atom. The lowest BCUT2D eigenvalue weighted by Crippen LogP contribution is -2.28. The van der Waals surface area contributed by atoms with Crippen LogP contribution in [0.15, 0.2) is 73.3 Å². The van der Waals surface area contributed by atoms with E-state index in [2.05, 4.69) is 22.9 Å². The monoisotopic (exact) mass is 531 g/mol. The number of fused-ring (bicyclic) bond motifs is 2. The molecule has 200 valence electrons. The molecular formula is C31H28F3N3O2. The first kappa shape index (κ1) is 25.1. The van der Waals surface area contributed by atoms with Crippen LogP contribution in [0.3, 0.4) is 0 Å². The summed E-state index contributed by atoms with van der Waals surface area (Å²) < 4.78 is 49.8. The molecule has 0 bridgehead atoms. The molecule has 0 aliphatic carbocycles. The van der Waals surface area contributed by atoms with E-state index in [4.69, 9.17) is 14.5 Å². The van der Waals surface area contributed by atoms with Gasteiger partial charge in [-0.25, -0.2) is 4.98 Å². The number of piperidine rings is 1. The highest BCUT2D eigenvalue weighted by molar-refractivity contribution is 5.95. The number of anilines is 1. The Kier molecular flexibility index (Phi) is 6.54. The molecule has 0 saturated carbocycles. The molecular weight excluding hydrogens is 503 g/mol. The molecule has 0 spiro atoms. The molecule has 1 fully saturated rings. The van der Waals surface area contributed by atoms with Crippen molar-refractivity contribution in [2.75, 3.05) is 25.2 Å². The molecule has 0 amide bonds. The van der Waals surface area contributed by atoms with Gasteiger partial charge in [0.1, 0.15) is 5.82 Å².